The van der Waals surface area contributed by atoms with Gasteiger partial charge in [0.25, 0.3) is 0 Å². The van der Waals surface area contributed by atoms with Crippen molar-refractivity contribution in [3.8, 4) is 0 Å². The molecule has 3 heterocycles. The van der Waals surface area contributed by atoms with E-state index < -0.39 is 0 Å². The number of aryl methyl sites for hydroxylation is 1. The van der Waals surface area contributed by atoms with Gasteiger partial charge in [0, 0.05) is 36.6 Å². The third kappa shape index (κ3) is 2.28. The van der Waals surface area contributed by atoms with E-state index >= 15 is 0 Å². The number of rotatable bonds is 2. The van der Waals surface area contributed by atoms with Gasteiger partial charge in [0.15, 0.2) is 0 Å². The van der Waals surface area contributed by atoms with Crippen LogP contribution in [0.25, 0.3) is 0 Å². The zero-order valence-corrected chi connectivity index (χ0v) is 11.7. The predicted octanol–water partition coefficient (Wildman–Crippen LogP) is 2.73. The molecule has 2 aliphatic heterocycles. The Bertz CT molecular complexity index is 387. The summed E-state index contributed by atoms with van der Waals surface area (Å²) in [6.07, 6.45) is 2.82. The minimum atomic E-state index is 0.714. The van der Waals surface area contributed by atoms with E-state index in [1.165, 1.54) is 38.0 Å². The molecular weight excluding hydrogens is 228 g/mol. The van der Waals surface area contributed by atoms with Gasteiger partial charge < -0.3 is 0 Å². The molecule has 0 unspecified atom stereocenters. The predicted molar refractivity (Wildman–Crippen MR) is 73.5 cm³/mol. The van der Waals surface area contributed by atoms with Crippen molar-refractivity contribution in [3.05, 3.63) is 21.9 Å². The summed E-state index contributed by atoms with van der Waals surface area (Å²) in [5, 5.41) is 2.22. The van der Waals surface area contributed by atoms with E-state index in [0.29, 0.717) is 6.04 Å². The van der Waals surface area contributed by atoms with Gasteiger partial charge in [-0.25, -0.2) is 0 Å². The zero-order valence-electron chi connectivity index (χ0n) is 10.9. The number of thiophene rings is 1. The van der Waals surface area contributed by atoms with Crippen LogP contribution in [-0.4, -0.2) is 41.5 Å². The lowest BCUT2D eigenvalue weighted by Gasteiger charge is -2.42. The summed E-state index contributed by atoms with van der Waals surface area (Å²) >= 11 is 1.92. The molecule has 2 atom stereocenters. The maximum absolute atomic E-state index is 2.70. The Labute approximate surface area is 108 Å². The molecule has 2 aliphatic rings. The highest BCUT2D eigenvalue weighted by Gasteiger charge is 2.34. The topological polar surface area (TPSA) is 6.48 Å². The summed E-state index contributed by atoms with van der Waals surface area (Å²) in [4.78, 5) is 6.94. The van der Waals surface area contributed by atoms with Crippen LogP contribution in [-0.2, 0) is 6.54 Å². The van der Waals surface area contributed by atoms with Crippen LogP contribution < -0.4 is 0 Å². The van der Waals surface area contributed by atoms with Gasteiger partial charge in [-0.05, 0) is 50.2 Å². The molecule has 0 bridgehead atoms. The fourth-order valence-corrected chi connectivity index (χ4v) is 4.15. The van der Waals surface area contributed by atoms with Gasteiger partial charge in [-0.3, -0.25) is 9.80 Å². The number of piperazine rings is 1. The molecule has 0 N–H and O–H groups in total. The van der Waals surface area contributed by atoms with Gasteiger partial charge in [0.05, 0.1) is 0 Å². The molecule has 0 aliphatic carbocycles. The van der Waals surface area contributed by atoms with E-state index in [4.69, 9.17) is 0 Å². The fraction of sp³-hybridized carbons (Fsp3) is 0.714. The third-order valence-electron chi connectivity index (χ3n) is 4.38. The van der Waals surface area contributed by atoms with E-state index in [1.807, 2.05) is 11.3 Å². The first kappa shape index (κ1) is 11.7. The molecule has 0 saturated carbocycles. The molecule has 0 aromatic carbocycles. The van der Waals surface area contributed by atoms with Gasteiger partial charge in [-0.2, -0.15) is 0 Å². The van der Waals surface area contributed by atoms with Crippen LogP contribution in [0.2, 0.25) is 0 Å². The van der Waals surface area contributed by atoms with Crippen molar-refractivity contribution in [1.29, 1.82) is 0 Å². The first-order chi connectivity index (χ1) is 8.24. The van der Waals surface area contributed by atoms with Crippen LogP contribution in [0.1, 0.15) is 30.2 Å². The lowest BCUT2D eigenvalue weighted by Crippen LogP contribution is -2.54. The molecule has 1 aromatic rings. The number of hydrogen-bond donors (Lipinski definition) is 0. The normalized spacial score (nSPS) is 30.7. The number of fused-ring (bicyclic) bond motifs is 1. The van der Waals surface area contributed by atoms with Crippen LogP contribution in [0, 0.1) is 6.92 Å². The minimum absolute atomic E-state index is 0.714. The first-order valence-corrected chi connectivity index (χ1v) is 7.63. The Morgan fingerprint density at radius 2 is 2.29 bits per heavy atom. The SMILES string of the molecule is Cc1ccsc1CN1C[C@@H]2CCCN2C[C@@H]1C. The Morgan fingerprint density at radius 3 is 3.06 bits per heavy atom. The van der Waals surface area contributed by atoms with Crippen molar-refractivity contribution in [2.45, 2.75) is 45.3 Å². The molecule has 2 fully saturated rings. The third-order valence-corrected chi connectivity index (χ3v) is 5.39. The molecule has 3 rings (SSSR count). The van der Waals surface area contributed by atoms with Crippen molar-refractivity contribution < 1.29 is 0 Å². The number of nitrogens with zero attached hydrogens (tertiary/aromatic N) is 2. The van der Waals surface area contributed by atoms with Crippen molar-refractivity contribution in [3.63, 3.8) is 0 Å². The molecule has 17 heavy (non-hydrogen) atoms. The second-order valence-corrected chi connectivity index (χ2v) is 6.60. The highest BCUT2D eigenvalue weighted by molar-refractivity contribution is 7.10. The molecule has 0 spiro atoms. The van der Waals surface area contributed by atoms with E-state index in [2.05, 4.69) is 35.1 Å². The Hall–Kier alpha value is -0.380. The van der Waals surface area contributed by atoms with Crippen LogP contribution in [0.5, 0.6) is 0 Å². The maximum Gasteiger partial charge on any atom is 0.0334 e. The van der Waals surface area contributed by atoms with E-state index in [0.717, 1.165) is 12.6 Å². The van der Waals surface area contributed by atoms with Crippen molar-refractivity contribution in [2.24, 2.45) is 0 Å². The summed E-state index contributed by atoms with van der Waals surface area (Å²) in [5.41, 5.74) is 1.47. The second kappa shape index (κ2) is 4.71. The first-order valence-electron chi connectivity index (χ1n) is 6.75. The van der Waals surface area contributed by atoms with Gasteiger partial charge in [-0.1, -0.05) is 0 Å². The van der Waals surface area contributed by atoms with Gasteiger partial charge in [-0.15, -0.1) is 11.3 Å². The molecule has 1 aromatic heterocycles. The molecule has 2 nitrogen and oxygen atoms in total. The van der Waals surface area contributed by atoms with Crippen LogP contribution in [0.3, 0.4) is 0 Å². The summed E-state index contributed by atoms with van der Waals surface area (Å²) < 4.78 is 0. The summed E-state index contributed by atoms with van der Waals surface area (Å²) in [6, 6.07) is 3.80. The largest absolute Gasteiger partial charge is 0.298 e. The smallest absolute Gasteiger partial charge is 0.0334 e. The minimum Gasteiger partial charge on any atom is -0.298 e. The van der Waals surface area contributed by atoms with E-state index in [1.54, 1.807) is 4.88 Å². The van der Waals surface area contributed by atoms with Crippen molar-refractivity contribution in [1.82, 2.24) is 9.80 Å². The lowest BCUT2D eigenvalue weighted by atomic mass is 10.1. The highest BCUT2D eigenvalue weighted by atomic mass is 32.1. The van der Waals surface area contributed by atoms with Crippen molar-refractivity contribution in [2.75, 3.05) is 19.6 Å². The van der Waals surface area contributed by atoms with Crippen LogP contribution in [0.4, 0.5) is 0 Å². The van der Waals surface area contributed by atoms with Gasteiger partial charge in [0.1, 0.15) is 0 Å². The average Bonchev–Trinajstić information content (AvgIpc) is 2.89. The Kier molecular flexibility index (Phi) is 3.24. The summed E-state index contributed by atoms with van der Waals surface area (Å²) in [7, 11) is 0. The number of hydrogen-bond acceptors (Lipinski definition) is 3. The molecule has 0 amide bonds. The molecule has 94 valence electrons. The standard InChI is InChI=1S/C14H22N2S/c1-11-5-7-17-14(11)10-16-9-13-4-3-6-15(13)8-12(16)2/h5,7,12-13H,3-4,6,8-10H2,1-2H3/t12-,13-/m0/s1. The fourth-order valence-electron chi connectivity index (χ4n) is 3.22. The molecule has 3 heteroatoms. The van der Waals surface area contributed by atoms with E-state index in [-0.39, 0.29) is 0 Å². The van der Waals surface area contributed by atoms with Gasteiger partial charge in [0.2, 0.25) is 0 Å². The molecule has 2 saturated heterocycles. The average molecular weight is 250 g/mol. The quantitative estimate of drug-likeness (QED) is 0.796. The van der Waals surface area contributed by atoms with E-state index in [9.17, 15) is 0 Å². The molecule has 0 radical (unpaired) electrons. The van der Waals surface area contributed by atoms with Gasteiger partial charge >= 0.3 is 0 Å². The van der Waals surface area contributed by atoms with Crippen LogP contribution >= 0.6 is 11.3 Å². The maximum atomic E-state index is 2.70. The Morgan fingerprint density at radius 1 is 1.41 bits per heavy atom. The summed E-state index contributed by atoms with van der Waals surface area (Å²) in [5.74, 6) is 0. The highest BCUT2D eigenvalue weighted by Crippen LogP contribution is 2.27. The summed E-state index contributed by atoms with van der Waals surface area (Å²) in [6.45, 7) is 9.67. The Balaban J connectivity index is 1.69. The van der Waals surface area contributed by atoms with Crippen LogP contribution in [0.15, 0.2) is 11.4 Å². The lowest BCUT2D eigenvalue weighted by molar-refractivity contribution is 0.0546. The van der Waals surface area contributed by atoms with Crippen molar-refractivity contribution >= 4 is 11.3 Å². The second-order valence-electron chi connectivity index (χ2n) is 5.60. The monoisotopic (exact) mass is 250 g/mol. The zero-order chi connectivity index (χ0) is 11.8. The molecular formula is C14H22N2S.